The number of rotatable bonds is 7. The van der Waals surface area contributed by atoms with Gasteiger partial charge in [-0.25, -0.2) is 4.39 Å². The van der Waals surface area contributed by atoms with E-state index in [1.54, 1.807) is 17.9 Å². The Kier molecular flexibility index (Phi) is 9.38. The van der Waals surface area contributed by atoms with Gasteiger partial charge in [0.1, 0.15) is 5.82 Å². The number of halogens is 2. The highest BCUT2D eigenvalue weighted by Crippen LogP contribution is 2.20. The molecule has 1 fully saturated rings. The van der Waals surface area contributed by atoms with Crippen LogP contribution in [0.25, 0.3) is 0 Å². The van der Waals surface area contributed by atoms with E-state index in [4.69, 9.17) is 5.73 Å². The normalized spacial score (nSPS) is 17.6. The van der Waals surface area contributed by atoms with Gasteiger partial charge in [0.2, 0.25) is 11.8 Å². The third-order valence-electron chi connectivity index (χ3n) is 4.63. The maximum Gasteiger partial charge on any atom is 0.224 e. The number of likely N-dealkylation sites (tertiary alicyclic amines) is 1. The van der Waals surface area contributed by atoms with Gasteiger partial charge in [-0.05, 0) is 25.0 Å². The van der Waals surface area contributed by atoms with Gasteiger partial charge in [-0.15, -0.1) is 12.4 Å². The molecule has 0 aliphatic carbocycles. The van der Waals surface area contributed by atoms with Gasteiger partial charge in [-0.3, -0.25) is 14.4 Å². The summed E-state index contributed by atoms with van der Waals surface area (Å²) < 4.78 is 13.3. The van der Waals surface area contributed by atoms with Crippen LogP contribution in [-0.2, 0) is 9.59 Å². The highest BCUT2D eigenvalue weighted by molar-refractivity contribution is 5.99. The lowest BCUT2D eigenvalue weighted by molar-refractivity contribution is -0.136. The van der Waals surface area contributed by atoms with Gasteiger partial charge in [-0.1, -0.05) is 19.1 Å². The summed E-state index contributed by atoms with van der Waals surface area (Å²) in [6, 6.07) is 5.48. The van der Waals surface area contributed by atoms with E-state index in [0.717, 1.165) is 12.8 Å². The second-order valence-corrected chi connectivity index (χ2v) is 6.74. The SMILES string of the molecule is CC(CC(=O)N1CCCC(C(=O)NCCN)C1)C(=O)c1cccc(F)c1.Cl. The lowest BCUT2D eigenvalue weighted by Gasteiger charge is -2.32. The first-order valence-electron chi connectivity index (χ1n) is 8.97. The van der Waals surface area contributed by atoms with Crippen molar-refractivity contribution in [3.05, 3.63) is 35.6 Å². The van der Waals surface area contributed by atoms with Crippen molar-refractivity contribution < 1.29 is 18.8 Å². The molecule has 1 aromatic carbocycles. The van der Waals surface area contributed by atoms with Gasteiger partial charge >= 0.3 is 0 Å². The van der Waals surface area contributed by atoms with E-state index < -0.39 is 11.7 Å². The van der Waals surface area contributed by atoms with Gasteiger partial charge < -0.3 is 16.0 Å². The van der Waals surface area contributed by atoms with Crippen LogP contribution in [0.4, 0.5) is 4.39 Å². The van der Waals surface area contributed by atoms with Crippen molar-refractivity contribution in [2.24, 2.45) is 17.6 Å². The topological polar surface area (TPSA) is 92.5 Å². The maximum absolute atomic E-state index is 13.3. The van der Waals surface area contributed by atoms with Crippen molar-refractivity contribution in [1.29, 1.82) is 0 Å². The number of carbonyl (C=O) groups excluding carboxylic acids is 3. The molecule has 150 valence electrons. The van der Waals surface area contributed by atoms with Crippen LogP contribution in [-0.4, -0.2) is 48.7 Å². The first kappa shape index (κ1) is 23.0. The molecule has 2 amide bonds. The van der Waals surface area contributed by atoms with E-state index in [9.17, 15) is 18.8 Å². The Morgan fingerprint density at radius 3 is 2.78 bits per heavy atom. The van der Waals surface area contributed by atoms with Crippen LogP contribution >= 0.6 is 12.4 Å². The third-order valence-corrected chi connectivity index (χ3v) is 4.63. The molecule has 1 aliphatic heterocycles. The molecule has 0 bridgehead atoms. The summed E-state index contributed by atoms with van der Waals surface area (Å²) in [5.74, 6) is -1.76. The molecule has 1 heterocycles. The molecule has 0 spiro atoms. The maximum atomic E-state index is 13.3. The molecule has 6 nitrogen and oxygen atoms in total. The fourth-order valence-electron chi connectivity index (χ4n) is 3.17. The molecule has 2 unspecified atom stereocenters. The van der Waals surface area contributed by atoms with Crippen LogP contribution in [0.1, 0.15) is 36.5 Å². The van der Waals surface area contributed by atoms with Crippen LogP contribution in [0.5, 0.6) is 0 Å². The Hall–Kier alpha value is -1.99. The molecule has 3 N–H and O–H groups in total. The summed E-state index contributed by atoms with van der Waals surface area (Å²) in [6.07, 6.45) is 1.53. The number of carbonyl (C=O) groups is 3. The second-order valence-electron chi connectivity index (χ2n) is 6.74. The molecular formula is C19H27ClFN3O3. The number of nitrogens with two attached hydrogens (primary N) is 1. The number of ketones is 1. The zero-order valence-corrected chi connectivity index (χ0v) is 16.3. The van der Waals surface area contributed by atoms with Crippen molar-refractivity contribution in [2.45, 2.75) is 26.2 Å². The average Bonchev–Trinajstić information content (AvgIpc) is 2.65. The van der Waals surface area contributed by atoms with Crippen molar-refractivity contribution >= 4 is 30.0 Å². The molecule has 1 aliphatic rings. The number of amides is 2. The summed E-state index contributed by atoms with van der Waals surface area (Å²) in [5.41, 5.74) is 5.65. The Bertz CT molecular complexity index is 671. The Morgan fingerprint density at radius 2 is 2.11 bits per heavy atom. The van der Waals surface area contributed by atoms with Crippen molar-refractivity contribution in [3.8, 4) is 0 Å². The largest absolute Gasteiger partial charge is 0.355 e. The quantitative estimate of drug-likeness (QED) is 0.683. The number of hydrogen-bond donors (Lipinski definition) is 2. The number of nitrogens with one attached hydrogen (secondary N) is 1. The smallest absolute Gasteiger partial charge is 0.224 e. The first-order chi connectivity index (χ1) is 12.4. The Labute approximate surface area is 165 Å². The summed E-state index contributed by atoms with van der Waals surface area (Å²) in [7, 11) is 0. The molecule has 8 heteroatoms. The molecule has 1 saturated heterocycles. The number of nitrogens with zero attached hydrogens (tertiary/aromatic N) is 1. The number of Topliss-reactive ketones (excluding diaryl/α,β-unsaturated/α-hetero) is 1. The van der Waals surface area contributed by atoms with Crippen molar-refractivity contribution in [1.82, 2.24) is 10.2 Å². The van der Waals surface area contributed by atoms with Crippen molar-refractivity contribution in [3.63, 3.8) is 0 Å². The van der Waals surface area contributed by atoms with Crippen LogP contribution < -0.4 is 11.1 Å². The first-order valence-corrected chi connectivity index (χ1v) is 8.97. The summed E-state index contributed by atoms with van der Waals surface area (Å²) >= 11 is 0. The van der Waals surface area contributed by atoms with E-state index in [-0.39, 0.29) is 47.9 Å². The highest BCUT2D eigenvalue weighted by atomic mass is 35.5. The van der Waals surface area contributed by atoms with E-state index in [0.29, 0.717) is 26.2 Å². The van der Waals surface area contributed by atoms with E-state index in [2.05, 4.69) is 5.32 Å². The van der Waals surface area contributed by atoms with Crippen LogP contribution in [0.15, 0.2) is 24.3 Å². The van der Waals surface area contributed by atoms with Gasteiger partial charge in [0.25, 0.3) is 0 Å². The minimum absolute atomic E-state index is 0. The molecule has 2 atom stereocenters. The predicted octanol–water partition coefficient (Wildman–Crippen LogP) is 1.77. The zero-order valence-electron chi connectivity index (χ0n) is 15.4. The number of benzene rings is 1. The van der Waals surface area contributed by atoms with Crippen molar-refractivity contribution in [2.75, 3.05) is 26.2 Å². The minimum atomic E-state index is -0.546. The van der Waals surface area contributed by atoms with E-state index in [1.165, 1.54) is 18.2 Å². The van der Waals surface area contributed by atoms with Crippen LogP contribution in [0, 0.1) is 17.7 Å². The monoisotopic (exact) mass is 399 g/mol. The second kappa shape index (κ2) is 11.0. The lowest BCUT2D eigenvalue weighted by Crippen LogP contribution is -2.46. The average molecular weight is 400 g/mol. The van der Waals surface area contributed by atoms with Gasteiger partial charge in [0.15, 0.2) is 5.78 Å². The summed E-state index contributed by atoms with van der Waals surface area (Å²) in [5, 5.41) is 2.76. The highest BCUT2D eigenvalue weighted by Gasteiger charge is 2.29. The number of hydrogen-bond acceptors (Lipinski definition) is 4. The fourth-order valence-corrected chi connectivity index (χ4v) is 3.17. The predicted molar refractivity (Wildman–Crippen MR) is 103 cm³/mol. The Balaban J connectivity index is 0.00000364. The van der Waals surface area contributed by atoms with Gasteiger partial charge in [-0.2, -0.15) is 0 Å². The lowest BCUT2D eigenvalue weighted by atomic mass is 9.93. The zero-order chi connectivity index (χ0) is 19.1. The molecule has 0 aromatic heterocycles. The van der Waals surface area contributed by atoms with Gasteiger partial charge in [0.05, 0.1) is 5.92 Å². The molecule has 27 heavy (non-hydrogen) atoms. The third kappa shape index (κ3) is 6.59. The molecule has 0 radical (unpaired) electrons. The van der Waals surface area contributed by atoms with E-state index >= 15 is 0 Å². The van der Waals surface area contributed by atoms with Gasteiger partial charge in [0, 0.05) is 44.1 Å². The molecule has 1 aromatic rings. The van der Waals surface area contributed by atoms with Crippen LogP contribution in [0.2, 0.25) is 0 Å². The standard InChI is InChI=1S/C19H26FN3O3.ClH/c1-13(18(25)14-4-2-6-16(20)11-14)10-17(24)23-9-3-5-15(12-23)19(26)22-8-7-21;/h2,4,6,11,13,15H,3,5,7-10,12,21H2,1H3,(H,22,26);1H. The summed E-state index contributed by atoms with van der Waals surface area (Å²) in [4.78, 5) is 38.7. The fraction of sp³-hybridized carbons (Fsp3) is 0.526. The summed E-state index contributed by atoms with van der Waals surface area (Å²) in [6.45, 7) is 3.40. The minimum Gasteiger partial charge on any atom is -0.355 e. The van der Waals surface area contributed by atoms with Crippen LogP contribution in [0.3, 0.4) is 0 Å². The molecular weight excluding hydrogens is 373 g/mol. The van der Waals surface area contributed by atoms with E-state index in [1.807, 2.05) is 0 Å². The molecule has 2 rings (SSSR count). The molecule has 0 saturated carbocycles. The Morgan fingerprint density at radius 1 is 1.37 bits per heavy atom. The number of piperidine rings is 1.